The van der Waals surface area contributed by atoms with E-state index in [1.807, 2.05) is 98.8 Å². The number of rotatable bonds is 8. The van der Waals surface area contributed by atoms with Crippen LogP contribution in [0.15, 0.2) is 88.9 Å². The lowest BCUT2D eigenvalue weighted by Gasteiger charge is -2.12. The number of nitriles is 1. The number of aryl methyl sites for hydroxylation is 2. The number of carbonyl (C=O) groups excluding carboxylic acids is 1. The molecule has 0 spiro atoms. The van der Waals surface area contributed by atoms with E-state index in [1.165, 1.54) is 5.56 Å². The van der Waals surface area contributed by atoms with Crippen LogP contribution in [0.5, 0.6) is 5.75 Å². The minimum absolute atomic E-state index is 0.0523. The molecule has 5 nitrogen and oxygen atoms in total. The lowest BCUT2D eigenvalue weighted by atomic mass is 10.1. The van der Waals surface area contributed by atoms with Crippen LogP contribution in [-0.2, 0) is 17.8 Å². The molecule has 3 aromatic carbocycles. The van der Waals surface area contributed by atoms with Crippen molar-refractivity contribution in [2.75, 3.05) is 5.32 Å². The second-order valence-corrected chi connectivity index (χ2v) is 9.66. The summed E-state index contributed by atoms with van der Waals surface area (Å²) in [6.45, 7) is 6.55. The number of hydrogen-bond acceptors (Lipinski definition) is 3. The lowest BCUT2D eigenvalue weighted by molar-refractivity contribution is -0.112. The maximum absolute atomic E-state index is 12.8. The Morgan fingerprint density at radius 3 is 2.27 bits per heavy atom. The Morgan fingerprint density at radius 2 is 1.65 bits per heavy atom. The number of halogens is 1. The monoisotopic (exact) mass is 553 g/mol. The number of anilines is 1. The zero-order valence-corrected chi connectivity index (χ0v) is 22.7. The Kier molecular flexibility index (Phi) is 8.27. The predicted octanol–water partition coefficient (Wildman–Crippen LogP) is 7.54. The van der Waals surface area contributed by atoms with Crippen molar-refractivity contribution in [1.82, 2.24) is 4.57 Å². The van der Waals surface area contributed by atoms with Crippen molar-refractivity contribution in [3.05, 3.63) is 117 Å². The van der Waals surface area contributed by atoms with E-state index in [4.69, 9.17) is 4.74 Å². The number of nitrogens with zero attached hydrogens (tertiary/aromatic N) is 2. The van der Waals surface area contributed by atoms with E-state index in [-0.39, 0.29) is 5.57 Å². The highest BCUT2D eigenvalue weighted by molar-refractivity contribution is 9.10. The van der Waals surface area contributed by atoms with Crippen molar-refractivity contribution in [2.24, 2.45) is 0 Å². The molecule has 0 saturated carbocycles. The highest BCUT2D eigenvalue weighted by Gasteiger charge is 2.14. The third kappa shape index (κ3) is 6.38. The average Bonchev–Trinajstić information content (AvgIpc) is 3.19. The molecule has 0 atom stereocenters. The molecular weight excluding hydrogens is 526 g/mol. The Hall–Kier alpha value is -4.08. The van der Waals surface area contributed by atoms with Gasteiger partial charge in [-0.1, -0.05) is 47.1 Å². The molecule has 0 unspecified atom stereocenters. The summed E-state index contributed by atoms with van der Waals surface area (Å²) in [5.74, 6) is 0.355. The largest absolute Gasteiger partial charge is 0.489 e. The van der Waals surface area contributed by atoms with Crippen LogP contribution in [0.25, 0.3) is 11.8 Å². The first kappa shape index (κ1) is 26.0. The molecular formula is C31H28BrN3O2. The minimum atomic E-state index is -0.427. The Bertz CT molecular complexity index is 1460. The fraction of sp³-hybridized carbons (Fsp3) is 0.161. The molecule has 0 fully saturated rings. The van der Waals surface area contributed by atoms with Gasteiger partial charge in [0.15, 0.2) is 0 Å². The number of ether oxygens (including phenoxy) is 1. The summed E-state index contributed by atoms with van der Waals surface area (Å²) >= 11 is 3.44. The van der Waals surface area contributed by atoms with Crippen LogP contribution >= 0.6 is 15.9 Å². The highest BCUT2D eigenvalue weighted by atomic mass is 79.9. The van der Waals surface area contributed by atoms with Gasteiger partial charge in [0, 0.05) is 27.2 Å². The van der Waals surface area contributed by atoms with Gasteiger partial charge in [0.1, 0.15) is 24.0 Å². The topological polar surface area (TPSA) is 67.0 Å². The number of nitrogens with one attached hydrogen (secondary N) is 1. The van der Waals surface area contributed by atoms with Crippen LogP contribution in [0, 0.1) is 25.2 Å². The smallest absolute Gasteiger partial charge is 0.266 e. The summed E-state index contributed by atoms with van der Waals surface area (Å²) in [4.78, 5) is 12.8. The van der Waals surface area contributed by atoms with Crippen molar-refractivity contribution in [1.29, 1.82) is 5.26 Å². The summed E-state index contributed by atoms with van der Waals surface area (Å²) in [6, 6.07) is 27.6. The highest BCUT2D eigenvalue weighted by Crippen LogP contribution is 2.25. The average molecular weight is 554 g/mol. The van der Waals surface area contributed by atoms with Crippen molar-refractivity contribution < 1.29 is 9.53 Å². The van der Waals surface area contributed by atoms with Gasteiger partial charge >= 0.3 is 0 Å². The summed E-state index contributed by atoms with van der Waals surface area (Å²) in [5.41, 5.74) is 6.73. The van der Waals surface area contributed by atoms with E-state index in [9.17, 15) is 10.1 Å². The molecule has 0 aliphatic carbocycles. The van der Waals surface area contributed by atoms with E-state index in [0.717, 1.165) is 44.8 Å². The molecule has 0 bridgehead atoms. The van der Waals surface area contributed by atoms with E-state index in [2.05, 4.69) is 32.7 Å². The molecule has 1 N–H and O–H groups in total. The van der Waals surface area contributed by atoms with Crippen LogP contribution < -0.4 is 10.1 Å². The van der Waals surface area contributed by atoms with Gasteiger partial charge in [0.25, 0.3) is 5.91 Å². The lowest BCUT2D eigenvalue weighted by Crippen LogP contribution is -2.13. The van der Waals surface area contributed by atoms with E-state index >= 15 is 0 Å². The predicted molar refractivity (Wildman–Crippen MR) is 152 cm³/mol. The summed E-state index contributed by atoms with van der Waals surface area (Å²) < 4.78 is 9.07. The van der Waals surface area contributed by atoms with Crippen LogP contribution in [0.4, 0.5) is 5.69 Å². The van der Waals surface area contributed by atoms with Gasteiger partial charge in [-0.25, -0.2) is 0 Å². The third-order valence-corrected chi connectivity index (χ3v) is 6.70. The number of aromatic nitrogens is 1. The second-order valence-electron chi connectivity index (χ2n) is 8.75. The van der Waals surface area contributed by atoms with Gasteiger partial charge < -0.3 is 14.6 Å². The zero-order chi connectivity index (χ0) is 26.4. The minimum Gasteiger partial charge on any atom is -0.489 e. The molecule has 186 valence electrons. The quantitative estimate of drug-likeness (QED) is 0.181. The molecule has 0 aliphatic heterocycles. The van der Waals surface area contributed by atoms with Crippen molar-refractivity contribution in [2.45, 2.75) is 33.8 Å². The summed E-state index contributed by atoms with van der Waals surface area (Å²) in [6.07, 6.45) is 2.57. The second kappa shape index (κ2) is 11.8. The van der Waals surface area contributed by atoms with E-state index in [1.54, 1.807) is 6.08 Å². The van der Waals surface area contributed by atoms with Crippen molar-refractivity contribution in [3.8, 4) is 17.5 Å². The number of amides is 1. The maximum Gasteiger partial charge on any atom is 0.266 e. The number of hydrogen-bond donors (Lipinski definition) is 1. The molecule has 0 aliphatic rings. The van der Waals surface area contributed by atoms with E-state index in [0.29, 0.717) is 12.3 Å². The molecule has 4 aromatic rings. The number of carbonyl (C=O) groups is 1. The first-order chi connectivity index (χ1) is 17.9. The molecule has 0 radical (unpaired) electrons. The molecule has 1 heterocycles. The molecule has 37 heavy (non-hydrogen) atoms. The number of benzene rings is 3. The van der Waals surface area contributed by atoms with E-state index < -0.39 is 5.91 Å². The van der Waals surface area contributed by atoms with Crippen molar-refractivity contribution in [3.63, 3.8) is 0 Å². The normalized spacial score (nSPS) is 11.2. The fourth-order valence-electron chi connectivity index (χ4n) is 4.10. The fourth-order valence-corrected chi connectivity index (χ4v) is 4.36. The van der Waals surface area contributed by atoms with Gasteiger partial charge in [-0.3, -0.25) is 4.79 Å². The Balaban J connectivity index is 1.49. The molecule has 6 heteroatoms. The summed E-state index contributed by atoms with van der Waals surface area (Å²) in [7, 11) is 0. The molecule has 1 amide bonds. The molecule has 4 rings (SSSR count). The van der Waals surface area contributed by atoms with Gasteiger partial charge in [-0.05, 0) is 97.6 Å². The van der Waals surface area contributed by atoms with Crippen LogP contribution in [0.1, 0.15) is 35.0 Å². The first-order valence-electron chi connectivity index (χ1n) is 12.1. The van der Waals surface area contributed by atoms with Crippen LogP contribution in [0.3, 0.4) is 0 Å². The van der Waals surface area contributed by atoms with Crippen molar-refractivity contribution >= 4 is 33.6 Å². The maximum atomic E-state index is 12.8. The Labute approximate surface area is 226 Å². The van der Waals surface area contributed by atoms with Gasteiger partial charge in [0.2, 0.25) is 0 Å². The standard InChI is InChI=1S/C31H28BrN3O2/c1-4-23-7-11-28(12-8-23)34-31(36)26(19-33)18-25-17-21(2)35(22(25)3)29-13-15-30(16-14-29)37-20-24-5-9-27(32)10-6-24/h5-18H,4,20H2,1-3H3,(H,34,36)/b26-18+. The van der Waals surface area contributed by atoms with Gasteiger partial charge in [0.05, 0.1) is 0 Å². The van der Waals surface area contributed by atoms with Gasteiger partial charge in [-0.15, -0.1) is 0 Å². The van der Waals surface area contributed by atoms with Gasteiger partial charge in [-0.2, -0.15) is 5.26 Å². The SMILES string of the molecule is CCc1ccc(NC(=O)/C(C#N)=C/c2cc(C)n(-c3ccc(OCc4ccc(Br)cc4)cc3)c2C)cc1. The van der Waals surface area contributed by atoms with Crippen LogP contribution in [0.2, 0.25) is 0 Å². The van der Waals surface area contributed by atoms with Crippen LogP contribution in [-0.4, -0.2) is 10.5 Å². The first-order valence-corrected chi connectivity index (χ1v) is 12.9. The summed E-state index contributed by atoms with van der Waals surface area (Å²) in [5, 5.41) is 12.5. The third-order valence-electron chi connectivity index (χ3n) is 6.17. The molecule has 0 saturated heterocycles. The molecule has 1 aromatic heterocycles. The Morgan fingerprint density at radius 1 is 1.00 bits per heavy atom. The zero-order valence-electron chi connectivity index (χ0n) is 21.1.